The van der Waals surface area contributed by atoms with Crippen LogP contribution in [0.4, 0.5) is 10.2 Å². The summed E-state index contributed by atoms with van der Waals surface area (Å²) in [6, 6.07) is 0.0252. The zero-order chi connectivity index (χ0) is 19.5. The zero-order valence-electron chi connectivity index (χ0n) is 15.6. The molecule has 2 aliphatic heterocycles. The Balaban J connectivity index is 1.47. The highest BCUT2D eigenvalue weighted by atomic mass is 19.1. The van der Waals surface area contributed by atoms with E-state index in [-0.39, 0.29) is 6.04 Å². The third-order valence-electron chi connectivity index (χ3n) is 5.54. The molecule has 1 N–H and O–H groups in total. The number of rotatable bonds is 4. The number of imidazole rings is 1. The number of fused-ring (bicyclic) bond motifs is 2. The van der Waals surface area contributed by atoms with Crippen molar-refractivity contribution in [2.45, 2.75) is 75.7 Å². The molecule has 1 saturated carbocycles. The Labute approximate surface area is 160 Å². The van der Waals surface area contributed by atoms with Crippen molar-refractivity contribution in [2.75, 3.05) is 5.32 Å². The van der Waals surface area contributed by atoms with Crippen LogP contribution < -0.4 is 5.32 Å². The van der Waals surface area contributed by atoms with Crippen molar-refractivity contribution in [3.8, 4) is 0 Å². The Morgan fingerprint density at radius 1 is 1.25 bits per heavy atom. The van der Waals surface area contributed by atoms with E-state index >= 15 is 0 Å². The number of anilines is 1. The molecule has 3 aliphatic rings. The van der Waals surface area contributed by atoms with Crippen LogP contribution in [0.15, 0.2) is 12.7 Å². The molecular formula is C18H22FN5O4. The van der Waals surface area contributed by atoms with Crippen LogP contribution in [-0.2, 0) is 19.0 Å². The Kier molecular flexibility index (Phi) is 4.11. The van der Waals surface area contributed by atoms with Gasteiger partial charge in [-0.1, -0.05) is 0 Å². The summed E-state index contributed by atoms with van der Waals surface area (Å²) >= 11 is 0. The van der Waals surface area contributed by atoms with E-state index in [9.17, 15) is 9.18 Å². The number of ether oxygens (including phenoxy) is 3. The Morgan fingerprint density at radius 2 is 2.07 bits per heavy atom. The molecule has 10 heteroatoms. The average Bonchev–Trinajstić information content (AvgIpc) is 3.38. The Morgan fingerprint density at radius 3 is 2.82 bits per heavy atom. The minimum Gasteiger partial charge on any atom is -0.365 e. The molecule has 9 nitrogen and oxygen atoms in total. The number of alkyl halides is 1. The van der Waals surface area contributed by atoms with Crippen LogP contribution in [0.2, 0.25) is 0 Å². The van der Waals surface area contributed by atoms with Gasteiger partial charge in [0.15, 0.2) is 35.3 Å². The van der Waals surface area contributed by atoms with Crippen molar-refractivity contribution >= 4 is 23.3 Å². The van der Waals surface area contributed by atoms with Gasteiger partial charge in [-0.15, -0.1) is 0 Å². The van der Waals surface area contributed by atoms with Crippen LogP contribution in [0.25, 0.3) is 11.2 Å². The molecule has 2 unspecified atom stereocenters. The van der Waals surface area contributed by atoms with Gasteiger partial charge in [0.05, 0.1) is 6.33 Å². The molecule has 0 radical (unpaired) electrons. The molecular weight excluding hydrogens is 369 g/mol. The number of hydrogen-bond acceptors (Lipinski definition) is 8. The molecule has 0 bridgehead atoms. The van der Waals surface area contributed by atoms with Gasteiger partial charge in [-0.3, -0.25) is 4.57 Å². The van der Waals surface area contributed by atoms with Gasteiger partial charge in [-0.25, -0.2) is 19.3 Å². The fraction of sp³-hybridized carbons (Fsp3) is 0.667. The lowest BCUT2D eigenvalue weighted by atomic mass is 10.1. The number of halogens is 1. The molecule has 2 saturated heterocycles. The standard InChI is InChI=1S/C18H22FN5O4/c1-18(2)27-13-11(6-25)26-17(14(13)28-18)24-8-22-12-15(20-7-21-16(12)24)23-10-4-3-9(19)5-10/h6-11,13-14,17H,3-5H2,1-2H3,(H,20,21,23)/t9?,10?,11-,13-,14+,17+/m0/s1. The van der Waals surface area contributed by atoms with E-state index in [1.54, 1.807) is 24.7 Å². The smallest absolute Gasteiger partial charge is 0.167 e. The molecule has 5 rings (SSSR count). The van der Waals surface area contributed by atoms with Crippen molar-refractivity contribution < 1.29 is 23.4 Å². The first-order chi connectivity index (χ1) is 13.4. The number of hydrogen-bond donors (Lipinski definition) is 1. The predicted octanol–water partition coefficient (Wildman–Crippen LogP) is 1.75. The summed E-state index contributed by atoms with van der Waals surface area (Å²) in [6.45, 7) is 3.61. The second kappa shape index (κ2) is 6.43. The first-order valence-electron chi connectivity index (χ1n) is 9.50. The van der Waals surface area contributed by atoms with Crippen molar-refractivity contribution in [1.29, 1.82) is 0 Å². The summed E-state index contributed by atoms with van der Waals surface area (Å²) in [5, 5.41) is 3.28. The monoisotopic (exact) mass is 391 g/mol. The molecule has 0 amide bonds. The number of aldehydes is 1. The van der Waals surface area contributed by atoms with Crippen LogP contribution in [0.5, 0.6) is 0 Å². The number of carbonyl (C=O) groups excluding carboxylic acids is 1. The van der Waals surface area contributed by atoms with E-state index < -0.39 is 36.5 Å². The third kappa shape index (κ3) is 2.87. The topological polar surface area (TPSA) is 100 Å². The predicted molar refractivity (Wildman–Crippen MR) is 95.3 cm³/mol. The van der Waals surface area contributed by atoms with E-state index in [1.807, 2.05) is 0 Å². The minimum absolute atomic E-state index is 0.0252. The van der Waals surface area contributed by atoms with Gasteiger partial charge in [0.2, 0.25) is 0 Å². The summed E-state index contributed by atoms with van der Waals surface area (Å²) < 4.78 is 32.9. The number of nitrogens with one attached hydrogen (secondary N) is 1. The summed E-state index contributed by atoms with van der Waals surface area (Å²) in [4.78, 5) is 24.5. The van der Waals surface area contributed by atoms with Crippen molar-refractivity contribution in [3.63, 3.8) is 0 Å². The van der Waals surface area contributed by atoms with Crippen molar-refractivity contribution in [3.05, 3.63) is 12.7 Å². The molecule has 0 aromatic carbocycles. The lowest BCUT2D eigenvalue weighted by molar-refractivity contribution is -0.194. The molecule has 2 aromatic heterocycles. The molecule has 150 valence electrons. The second-order valence-electron chi connectivity index (χ2n) is 7.99. The maximum Gasteiger partial charge on any atom is 0.167 e. The highest BCUT2D eigenvalue weighted by Crippen LogP contribution is 2.43. The normalized spacial score (nSPS) is 36.7. The lowest BCUT2D eigenvalue weighted by Crippen LogP contribution is -2.30. The third-order valence-corrected chi connectivity index (χ3v) is 5.54. The van der Waals surface area contributed by atoms with Crippen LogP contribution >= 0.6 is 0 Å². The van der Waals surface area contributed by atoms with Gasteiger partial charge in [0.1, 0.15) is 30.8 Å². The summed E-state index contributed by atoms with van der Waals surface area (Å²) in [6.07, 6.45) is 2.48. The minimum atomic E-state index is -0.803. The van der Waals surface area contributed by atoms with Gasteiger partial charge in [0, 0.05) is 6.04 Å². The van der Waals surface area contributed by atoms with Crippen LogP contribution in [0.3, 0.4) is 0 Å². The molecule has 0 spiro atoms. The largest absolute Gasteiger partial charge is 0.365 e. The second-order valence-corrected chi connectivity index (χ2v) is 7.99. The molecule has 28 heavy (non-hydrogen) atoms. The number of nitrogens with zero attached hydrogens (tertiary/aromatic N) is 4. The van der Waals surface area contributed by atoms with Crippen LogP contribution in [0, 0.1) is 0 Å². The van der Waals surface area contributed by atoms with Crippen molar-refractivity contribution in [2.24, 2.45) is 0 Å². The quantitative estimate of drug-likeness (QED) is 0.787. The maximum absolute atomic E-state index is 13.5. The molecule has 1 aliphatic carbocycles. The highest BCUT2D eigenvalue weighted by Gasteiger charge is 2.56. The summed E-state index contributed by atoms with van der Waals surface area (Å²) in [5.74, 6) is -0.240. The van der Waals surface area contributed by atoms with E-state index in [1.165, 1.54) is 6.33 Å². The van der Waals surface area contributed by atoms with E-state index in [4.69, 9.17) is 14.2 Å². The first kappa shape index (κ1) is 17.9. The number of carbonyl (C=O) groups is 1. The van der Waals surface area contributed by atoms with E-state index in [0.717, 1.165) is 12.7 Å². The fourth-order valence-corrected chi connectivity index (χ4v) is 4.34. The van der Waals surface area contributed by atoms with Gasteiger partial charge in [0.25, 0.3) is 0 Å². The zero-order valence-corrected chi connectivity index (χ0v) is 15.6. The first-order valence-corrected chi connectivity index (χ1v) is 9.50. The van der Waals surface area contributed by atoms with Gasteiger partial charge < -0.3 is 24.3 Å². The van der Waals surface area contributed by atoms with Gasteiger partial charge >= 0.3 is 0 Å². The molecule has 4 heterocycles. The summed E-state index contributed by atoms with van der Waals surface area (Å²) in [5.41, 5.74) is 1.12. The van der Waals surface area contributed by atoms with E-state index in [2.05, 4.69) is 20.3 Å². The lowest BCUT2D eigenvalue weighted by Gasteiger charge is -2.23. The highest BCUT2D eigenvalue weighted by molar-refractivity contribution is 5.82. The average molecular weight is 391 g/mol. The maximum atomic E-state index is 13.5. The Hall–Kier alpha value is -2.17. The van der Waals surface area contributed by atoms with Crippen LogP contribution in [-0.4, -0.2) is 62.1 Å². The van der Waals surface area contributed by atoms with E-state index in [0.29, 0.717) is 29.8 Å². The molecule has 6 atom stereocenters. The van der Waals surface area contributed by atoms with Crippen LogP contribution in [0.1, 0.15) is 39.3 Å². The Bertz CT molecular complexity index is 905. The van der Waals surface area contributed by atoms with Gasteiger partial charge in [-0.05, 0) is 33.1 Å². The molecule has 2 aromatic rings. The fourth-order valence-electron chi connectivity index (χ4n) is 4.34. The van der Waals surface area contributed by atoms with Crippen molar-refractivity contribution in [1.82, 2.24) is 19.5 Å². The SMILES string of the molecule is CC1(C)O[C@@H]2[C@@H](O1)[C@H](n1cnc3c(NC4CCC(F)C4)ncnc31)O[C@H]2C=O. The molecule has 3 fully saturated rings. The number of aromatic nitrogens is 4. The van der Waals surface area contributed by atoms with Gasteiger partial charge in [-0.2, -0.15) is 0 Å². The summed E-state index contributed by atoms with van der Waals surface area (Å²) in [7, 11) is 0.